The molecule has 0 aromatic heterocycles. The number of amides is 1. The third kappa shape index (κ3) is 4.69. The zero-order chi connectivity index (χ0) is 20.2. The summed E-state index contributed by atoms with van der Waals surface area (Å²) >= 11 is 0. The second kappa shape index (κ2) is 9.08. The molecule has 0 atom stereocenters. The van der Waals surface area contributed by atoms with Crippen molar-refractivity contribution in [2.24, 2.45) is 0 Å². The van der Waals surface area contributed by atoms with E-state index in [4.69, 9.17) is 9.47 Å². The molecule has 1 saturated heterocycles. The van der Waals surface area contributed by atoms with Crippen LogP contribution in [0, 0.1) is 0 Å². The second-order valence-corrected chi connectivity index (χ2v) is 8.12. The number of morpholine rings is 1. The summed E-state index contributed by atoms with van der Waals surface area (Å²) in [6.45, 7) is 9.95. The van der Waals surface area contributed by atoms with Gasteiger partial charge in [-0.15, -0.1) is 0 Å². The minimum atomic E-state index is 0.0339. The van der Waals surface area contributed by atoms with E-state index in [1.165, 1.54) is 11.1 Å². The molecule has 2 aromatic rings. The Bertz CT molecular complexity index is 859. The van der Waals surface area contributed by atoms with Gasteiger partial charge < -0.3 is 14.4 Å². The van der Waals surface area contributed by atoms with Crippen LogP contribution in [0.15, 0.2) is 42.5 Å². The predicted octanol–water partition coefficient (Wildman–Crippen LogP) is 3.67. The van der Waals surface area contributed by atoms with Crippen molar-refractivity contribution >= 4 is 11.6 Å². The van der Waals surface area contributed by atoms with Crippen LogP contribution in [0.2, 0.25) is 0 Å². The van der Waals surface area contributed by atoms with E-state index in [9.17, 15) is 4.79 Å². The second-order valence-electron chi connectivity index (χ2n) is 8.12. The molecule has 5 heteroatoms. The molecule has 154 valence electrons. The number of fused-ring (bicyclic) bond motifs is 1. The summed E-state index contributed by atoms with van der Waals surface area (Å²) < 4.78 is 11.1. The Morgan fingerprint density at radius 2 is 1.72 bits per heavy atom. The van der Waals surface area contributed by atoms with E-state index in [1.807, 2.05) is 4.90 Å². The number of ether oxygens (including phenoxy) is 2. The largest absolute Gasteiger partial charge is 0.379 e. The molecule has 1 amide bonds. The van der Waals surface area contributed by atoms with Gasteiger partial charge in [0.2, 0.25) is 0 Å². The quantitative estimate of drug-likeness (QED) is 0.776. The fourth-order valence-corrected chi connectivity index (χ4v) is 3.99. The van der Waals surface area contributed by atoms with Crippen molar-refractivity contribution in [3.05, 3.63) is 53.6 Å². The Kier molecular flexibility index (Phi) is 6.28. The SMILES string of the molecule is CC(C)c1cccc(-c2ccc3c(c2)COCC(=O)N3CCN2CCOCC2)c1. The number of rotatable bonds is 5. The van der Waals surface area contributed by atoms with Crippen molar-refractivity contribution in [3.8, 4) is 11.1 Å². The molecule has 2 heterocycles. The van der Waals surface area contributed by atoms with E-state index in [1.54, 1.807) is 0 Å². The minimum Gasteiger partial charge on any atom is -0.379 e. The van der Waals surface area contributed by atoms with Gasteiger partial charge in [0.15, 0.2) is 0 Å². The number of carbonyl (C=O) groups excluding carboxylic acids is 1. The van der Waals surface area contributed by atoms with Crippen LogP contribution < -0.4 is 4.90 Å². The minimum absolute atomic E-state index is 0.0339. The predicted molar refractivity (Wildman–Crippen MR) is 115 cm³/mol. The van der Waals surface area contributed by atoms with Crippen molar-refractivity contribution in [2.75, 3.05) is 50.9 Å². The van der Waals surface area contributed by atoms with E-state index in [0.717, 1.165) is 49.7 Å². The Labute approximate surface area is 173 Å². The van der Waals surface area contributed by atoms with Gasteiger partial charge in [-0.3, -0.25) is 9.69 Å². The molecule has 29 heavy (non-hydrogen) atoms. The molecule has 0 N–H and O–H groups in total. The molecule has 0 radical (unpaired) electrons. The van der Waals surface area contributed by atoms with Crippen molar-refractivity contribution < 1.29 is 14.3 Å². The highest BCUT2D eigenvalue weighted by molar-refractivity contribution is 5.96. The Morgan fingerprint density at radius 1 is 0.931 bits per heavy atom. The molecule has 2 aromatic carbocycles. The molecule has 5 nitrogen and oxygen atoms in total. The van der Waals surface area contributed by atoms with E-state index < -0.39 is 0 Å². The van der Waals surface area contributed by atoms with Gasteiger partial charge in [0.05, 0.1) is 19.8 Å². The van der Waals surface area contributed by atoms with E-state index in [-0.39, 0.29) is 12.5 Å². The molecule has 0 aliphatic carbocycles. The number of nitrogens with zero attached hydrogens (tertiary/aromatic N) is 2. The van der Waals surface area contributed by atoms with Gasteiger partial charge in [-0.2, -0.15) is 0 Å². The first kappa shape index (κ1) is 20.1. The van der Waals surface area contributed by atoms with Crippen LogP contribution >= 0.6 is 0 Å². The summed E-state index contributed by atoms with van der Waals surface area (Å²) in [4.78, 5) is 16.9. The normalized spacial score (nSPS) is 18.0. The summed E-state index contributed by atoms with van der Waals surface area (Å²) in [6, 6.07) is 15.1. The third-order valence-corrected chi connectivity index (χ3v) is 5.78. The number of anilines is 1. The van der Waals surface area contributed by atoms with Crippen LogP contribution in [0.5, 0.6) is 0 Å². The summed E-state index contributed by atoms with van der Waals surface area (Å²) in [5.41, 5.74) is 5.75. The average molecular weight is 395 g/mol. The van der Waals surface area contributed by atoms with Gasteiger partial charge in [-0.05, 0) is 34.7 Å². The number of carbonyl (C=O) groups is 1. The molecule has 4 rings (SSSR count). The van der Waals surface area contributed by atoms with Crippen LogP contribution in [-0.4, -0.2) is 56.8 Å². The van der Waals surface area contributed by atoms with Gasteiger partial charge in [-0.25, -0.2) is 0 Å². The highest BCUT2D eigenvalue weighted by Crippen LogP contribution is 2.31. The first-order valence-electron chi connectivity index (χ1n) is 10.5. The number of hydrogen-bond donors (Lipinski definition) is 0. The summed E-state index contributed by atoms with van der Waals surface area (Å²) in [7, 11) is 0. The molecule has 0 unspecified atom stereocenters. The first-order valence-corrected chi connectivity index (χ1v) is 10.5. The van der Waals surface area contributed by atoms with Gasteiger partial charge in [0.25, 0.3) is 5.91 Å². The monoisotopic (exact) mass is 394 g/mol. The van der Waals surface area contributed by atoms with Gasteiger partial charge >= 0.3 is 0 Å². The maximum absolute atomic E-state index is 12.7. The van der Waals surface area contributed by atoms with Gasteiger partial charge in [-0.1, -0.05) is 44.2 Å². The number of benzene rings is 2. The molecule has 2 aliphatic heterocycles. The standard InChI is InChI=1S/C24H30N2O3/c1-18(2)19-4-3-5-20(14-19)21-6-7-23-22(15-21)16-29-17-24(27)26(23)9-8-25-10-12-28-13-11-25/h3-7,14-15,18H,8-13,16-17H2,1-2H3. The summed E-state index contributed by atoms with van der Waals surface area (Å²) in [6.07, 6.45) is 0. The van der Waals surface area contributed by atoms with Crippen LogP contribution in [-0.2, 0) is 20.9 Å². The third-order valence-electron chi connectivity index (χ3n) is 5.78. The lowest BCUT2D eigenvalue weighted by Gasteiger charge is -2.30. The number of hydrogen-bond acceptors (Lipinski definition) is 4. The van der Waals surface area contributed by atoms with Crippen molar-refractivity contribution in [3.63, 3.8) is 0 Å². The smallest absolute Gasteiger partial charge is 0.253 e. The van der Waals surface area contributed by atoms with Gasteiger partial charge in [0, 0.05) is 37.4 Å². The Balaban J connectivity index is 1.58. The maximum atomic E-state index is 12.7. The molecule has 1 fully saturated rings. The molecule has 2 aliphatic rings. The van der Waals surface area contributed by atoms with Crippen LogP contribution in [0.4, 0.5) is 5.69 Å². The summed E-state index contributed by atoms with van der Waals surface area (Å²) in [5.74, 6) is 0.527. The highest BCUT2D eigenvalue weighted by atomic mass is 16.5. The van der Waals surface area contributed by atoms with Crippen molar-refractivity contribution in [2.45, 2.75) is 26.4 Å². The highest BCUT2D eigenvalue weighted by Gasteiger charge is 2.24. The van der Waals surface area contributed by atoms with E-state index >= 15 is 0 Å². The molecule has 0 spiro atoms. The fraction of sp³-hybridized carbons (Fsp3) is 0.458. The Morgan fingerprint density at radius 3 is 2.52 bits per heavy atom. The average Bonchev–Trinajstić information content (AvgIpc) is 2.90. The topological polar surface area (TPSA) is 42.0 Å². The van der Waals surface area contributed by atoms with Crippen molar-refractivity contribution in [1.29, 1.82) is 0 Å². The zero-order valence-electron chi connectivity index (χ0n) is 17.4. The Hall–Kier alpha value is -2.21. The van der Waals surface area contributed by atoms with Crippen LogP contribution in [0.3, 0.4) is 0 Å². The lowest BCUT2D eigenvalue weighted by atomic mass is 9.96. The molecule has 0 bridgehead atoms. The zero-order valence-corrected chi connectivity index (χ0v) is 17.4. The van der Waals surface area contributed by atoms with Crippen molar-refractivity contribution in [1.82, 2.24) is 4.90 Å². The molecular weight excluding hydrogens is 364 g/mol. The molecular formula is C24H30N2O3. The van der Waals surface area contributed by atoms with E-state index in [0.29, 0.717) is 19.1 Å². The molecule has 0 saturated carbocycles. The summed E-state index contributed by atoms with van der Waals surface area (Å²) in [5, 5.41) is 0. The maximum Gasteiger partial charge on any atom is 0.253 e. The van der Waals surface area contributed by atoms with Crippen LogP contribution in [0.25, 0.3) is 11.1 Å². The fourth-order valence-electron chi connectivity index (χ4n) is 3.99. The first-order chi connectivity index (χ1) is 14.1. The lowest BCUT2D eigenvalue weighted by molar-refractivity contribution is -0.123. The lowest BCUT2D eigenvalue weighted by Crippen LogP contribution is -2.43. The van der Waals surface area contributed by atoms with Crippen LogP contribution in [0.1, 0.15) is 30.9 Å². The van der Waals surface area contributed by atoms with E-state index in [2.05, 4.69) is 61.2 Å². The van der Waals surface area contributed by atoms with Gasteiger partial charge in [0.1, 0.15) is 6.61 Å².